The normalized spacial score (nSPS) is 10.7. The predicted octanol–water partition coefficient (Wildman–Crippen LogP) is 2.91. The van der Waals surface area contributed by atoms with Crippen LogP contribution in [0.25, 0.3) is 0 Å². The summed E-state index contributed by atoms with van der Waals surface area (Å²) >= 11 is 0. The third-order valence-electron chi connectivity index (χ3n) is 2.76. The monoisotopic (exact) mass is 270 g/mol. The molecule has 0 saturated carbocycles. The molecule has 0 aliphatic rings. The van der Waals surface area contributed by atoms with Gasteiger partial charge in [0.2, 0.25) is 5.91 Å². The minimum Gasteiger partial charge on any atom is -0.273 e. The number of nitrogens with zero attached hydrogens (tertiary/aromatic N) is 1. The fraction of sp³-hybridized carbons (Fsp3) is 0.125. The number of hydrazone groups is 1. The van der Waals surface area contributed by atoms with Crippen LogP contribution in [0.3, 0.4) is 0 Å². The largest absolute Gasteiger partial charge is 0.273 e. The number of carbonyl (C=O) groups is 1. The van der Waals surface area contributed by atoms with Crippen LogP contribution in [-0.2, 0) is 11.2 Å². The van der Waals surface area contributed by atoms with Gasteiger partial charge in [-0.05, 0) is 29.7 Å². The SMILES string of the molecule is O=C(CCc1ccccc1)NN=Cc1ccc(F)cc1. The first-order valence-electron chi connectivity index (χ1n) is 6.35. The Morgan fingerprint density at radius 2 is 1.80 bits per heavy atom. The summed E-state index contributed by atoms with van der Waals surface area (Å²) in [5, 5.41) is 3.84. The van der Waals surface area contributed by atoms with E-state index in [-0.39, 0.29) is 11.7 Å². The average molecular weight is 270 g/mol. The lowest BCUT2D eigenvalue weighted by molar-refractivity contribution is -0.121. The fourth-order valence-electron chi connectivity index (χ4n) is 1.69. The fourth-order valence-corrected chi connectivity index (χ4v) is 1.69. The van der Waals surface area contributed by atoms with Crippen LogP contribution in [0.5, 0.6) is 0 Å². The number of benzene rings is 2. The van der Waals surface area contributed by atoms with Crippen molar-refractivity contribution in [2.45, 2.75) is 12.8 Å². The second kappa shape index (κ2) is 7.19. The molecule has 0 radical (unpaired) electrons. The summed E-state index contributed by atoms with van der Waals surface area (Å²) in [5.74, 6) is -0.443. The van der Waals surface area contributed by atoms with Gasteiger partial charge in [-0.15, -0.1) is 0 Å². The molecule has 20 heavy (non-hydrogen) atoms. The van der Waals surface area contributed by atoms with Gasteiger partial charge in [0, 0.05) is 6.42 Å². The smallest absolute Gasteiger partial charge is 0.240 e. The molecule has 4 heteroatoms. The van der Waals surface area contributed by atoms with Gasteiger partial charge in [-0.2, -0.15) is 5.10 Å². The van der Waals surface area contributed by atoms with Gasteiger partial charge in [0.25, 0.3) is 0 Å². The molecule has 1 amide bonds. The van der Waals surface area contributed by atoms with E-state index in [9.17, 15) is 9.18 Å². The molecule has 2 aromatic carbocycles. The Hall–Kier alpha value is -2.49. The summed E-state index contributed by atoms with van der Waals surface area (Å²) in [7, 11) is 0. The third-order valence-corrected chi connectivity index (χ3v) is 2.76. The average Bonchev–Trinajstić information content (AvgIpc) is 2.48. The topological polar surface area (TPSA) is 41.5 Å². The van der Waals surface area contributed by atoms with E-state index >= 15 is 0 Å². The molecule has 102 valence electrons. The molecule has 0 heterocycles. The maximum absolute atomic E-state index is 12.7. The predicted molar refractivity (Wildman–Crippen MR) is 76.9 cm³/mol. The van der Waals surface area contributed by atoms with Crippen LogP contribution in [0, 0.1) is 5.82 Å². The highest BCUT2D eigenvalue weighted by Gasteiger charge is 2.00. The van der Waals surface area contributed by atoms with Crippen LogP contribution >= 0.6 is 0 Å². The van der Waals surface area contributed by atoms with Gasteiger partial charge in [-0.1, -0.05) is 42.5 Å². The van der Waals surface area contributed by atoms with Crippen molar-refractivity contribution in [1.82, 2.24) is 5.43 Å². The maximum atomic E-state index is 12.7. The van der Waals surface area contributed by atoms with E-state index in [2.05, 4.69) is 10.5 Å². The number of nitrogens with one attached hydrogen (secondary N) is 1. The number of rotatable bonds is 5. The van der Waals surface area contributed by atoms with Crippen molar-refractivity contribution in [2.24, 2.45) is 5.10 Å². The van der Waals surface area contributed by atoms with Crippen LogP contribution in [0.2, 0.25) is 0 Å². The standard InChI is InChI=1S/C16H15FN2O/c17-15-9-6-14(7-10-15)12-18-19-16(20)11-8-13-4-2-1-3-5-13/h1-7,9-10,12H,8,11H2,(H,19,20). The van der Waals surface area contributed by atoms with Crippen molar-refractivity contribution < 1.29 is 9.18 Å². The first kappa shape index (κ1) is 13.9. The van der Waals surface area contributed by atoms with Crippen LogP contribution in [0.1, 0.15) is 17.5 Å². The zero-order valence-electron chi connectivity index (χ0n) is 10.9. The molecule has 1 N–H and O–H groups in total. The first-order chi connectivity index (χ1) is 9.74. The van der Waals surface area contributed by atoms with E-state index in [0.717, 1.165) is 11.1 Å². The molecule has 2 rings (SSSR count). The quantitative estimate of drug-likeness (QED) is 0.658. The summed E-state index contributed by atoms with van der Waals surface area (Å²) in [6, 6.07) is 15.7. The molecule has 0 unspecified atom stereocenters. The van der Waals surface area contributed by atoms with Crippen molar-refractivity contribution in [1.29, 1.82) is 0 Å². The van der Waals surface area contributed by atoms with E-state index in [4.69, 9.17) is 0 Å². The molecule has 0 atom stereocenters. The lowest BCUT2D eigenvalue weighted by atomic mass is 10.1. The summed E-state index contributed by atoms with van der Waals surface area (Å²) < 4.78 is 12.7. The van der Waals surface area contributed by atoms with Gasteiger partial charge in [-0.3, -0.25) is 4.79 Å². The second-order valence-electron chi connectivity index (χ2n) is 4.33. The zero-order valence-corrected chi connectivity index (χ0v) is 10.9. The highest BCUT2D eigenvalue weighted by molar-refractivity contribution is 5.82. The second-order valence-corrected chi connectivity index (χ2v) is 4.33. The van der Waals surface area contributed by atoms with Crippen molar-refractivity contribution in [3.63, 3.8) is 0 Å². The van der Waals surface area contributed by atoms with Gasteiger partial charge >= 0.3 is 0 Å². The van der Waals surface area contributed by atoms with E-state index in [0.29, 0.717) is 12.8 Å². The minimum atomic E-state index is -0.297. The molecule has 0 bridgehead atoms. The zero-order chi connectivity index (χ0) is 14.2. The van der Waals surface area contributed by atoms with E-state index < -0.39 is 0 Å². The molecule has 0 saturated heterocycles. The van der Waals surface area contributed by atoms with Crippen molar-refractivity contribution in [3.05, 3.63) is 71.5 Å². The third kappa shape index (κ3) is 4.65. The molecule has 0 spiro atoms. The Bertz CT molecular complexity index is 579. The van der Waals surface area contributed by atoms with Crippen LogP contribution in [0.4, 0.5) is 4.39 Å². The number of aryl methyl sites for hydroxylation is 1. The van der Waals surface area contributed by atoms with Crippen molar-refractivity contribution in [3.8, 4) is 0 Å². The molecule has 3 nitrogen and oxygen atoms in total. The summed E-state index contributed by atoms with van der Waals surface area (Å²) in [5.41, 5.74) is 4.30. The summed E-state index contributed by atoms with van der Waals surface area (Å²) in [4.78, 5) is 11.6. The maximum Gasteiger partial charge on any atom is 0.240 e. The van der Waals surface area contributed by atoms with Crippen LogP contribution in [-0.4, -0.2) is 12.1 Å². The Morgan fingerprint density at radius 1 is 1.10 bits per heavy atom. The summed E-state index contributed by atoms with van der Waals surface area (Å²) in [6.07, 6.45) is 2.55. The molecule has 0 aromatic heterocycles. The van der Waals surface area contributed by atoms with E-state index in [1.165, 1.54) is 18.3 Å². The molecule has 0 aliphatic heterocycles. The van der Waals surface area contributed by atoms with Crippen LogP contribution < -0.4 is 5.43 Å². The Balaban J connectivity index is 1.76. The number of amides is 1. The van der Waals surface area contributed by atoms with Crippen molar-refractivity contribution >= 4 is 12.1 Å². The highest BCUT2D eigenvalue weighted by Crippen LogP contribution is 2.02. The Labute approximate surface area is 117 Å². The Kier molecular flexibility index (Phi) is 5.00. The molecular formula is C16H15FN2O. The number of hydrogen-bond acceptors (Lipinski definition) is 2. The highest BCUT2D eigenvalue weighted by atomic mass is 19.1. The van der Waals surface area contributed by atoms with Gasteiger partial charge in [0.1, 0.15) is 5.82 Å². The van der Waals surface area contributed by atoms with Gasteiger partial charge in [0.15, 0.2) is 0 Å². The molecular weight excluding hydrogens is 255 g/mol. The van der Waals surface area contributed by atoms with E-state index in [1.54, 1.807) is 12.1 Å². The molecule has 0 aliphatic carbocycles. The van der Waals surface area contributed by atoms with Gasteiger partial charge in [0.05, 0.1) is 6.21 Å². The molecule has 0 fully saturated rings. The first-order valence-corrected chi connectivity index (χ1v) is 6.35. The van der Waals surface area contributed by atoms with E-state index in [1.807, 2.05) is 30.3 Å². The Morgan fingerprint density at radius 3 is 2.50 bits per heavy atom. The number of halogens is 1. The number of hydrogen-bond donors (Lipinski definition) is 1. The summed E-state index contributed by atoms with van der Waals surface area (Å²) in [6.45, 7) is 0. The van der Waals surface area contributed by atoms with Crippen molar-refractivity contribution in [2.75, 3.05) is 0 Å². The molecule has 2 aromatic rings. The van der Waals surface area contributed by atoms with Gasteiger partial charge in [-0.25, -0.2) is 9.82 Å². The van der Waals surface area contributed by atoms with Crippen LogP contribution in [0.15, 0.2) is 59.7 Å². The number of carbonyl (C=O) groups excluding carboxylic acids is 1. The van der Waals surface area contributed by atoms with Gasteiger partial charge < -0.3 is 0 Å². The minimum absolute atomic E-state index is 0.146. The lowest BCUT2D eigenvalue weighted by Gasteiger charge is -2.00. The lowest BCUT2D eigenvalue weighted by Crippen LogP contribution is -2.17.